The summed E-state index contributed by atoms with van der Waals surface area (Å²) in [4.78, 5) is 22.5. The Morgan fingerprint density at radius 3 is 2.23 bits per heavy atom. The topological polar surface area (TPSA) is 73.9 Å². The molecule has 2 amide bonds. The van der Waals surface area contributed by atoms with Crippen molar-refractivity contribution in [2.75, 3.05) is 26.4 Å². The molecule has 0 unspecified atom stereocenters. The third-order valence-electron chi connectivity index (χ3n) is 3.97. The molecule has 0 radical (unpaired) electrons. The van der Waals surface area contributed by atoms with Crippen LogP contribution >= 0.6 is 0 Å². The Morgan fingerprint density at radius 1 is 1.09 bits per heavy atom. The van der Waals surface area contributed by atoms with E-state index in [2.05, 4.69) is 5.32 Å². The SMILES string of the molecule is CCO[C@H]1CC(COCC2=CC(=O)NC2=O)C[C@H](OCC)C1. The van der Waals surface area contributed by atoms with E-state index in [0.29, 0.717) is 31.3 Å². The Morgan fingerprint density at radius 2 is 1.73 bits per heavy atom. The van der Waals surface area contributed by atoms with Crippen LogP contribution in [-0.4, -0.2) is 50.4 Å². The van der Waals surface area contributed by atoms with Crippen molar-refractivity contribution in [1.29, 1.82) is 0 Å². The molecule has 0 bridgehead atoms. The predicted octanol–water partition coefficient (Wildman–Crippen LogP) is 1.20. The first-order valence-corrected chi connectivity index (χ1v) is 7.99. The number of nitrogens with one attached hydrogen (secondary N) is 1. The van der Waals surface area contributed by atoms with Crippen molar-refractivity contribution in [3.63, 3.8) is 0 Å². The third kappa shape index (κ3) is 4.90. The van der Waals surface area contributed by atoms with Crippen LogP contribution in [0, 0.1) is 5.92 Å². The molecule has 1 fully saturated rings. The number of imide groups is 1. The first-order valence-electron chi connectivity index (χ1n) is 7.99. The van der Waals surface area contributed by atoms with Gasteiger partial charge in [0.05, 0.1) is 25.4 Å². The summed E-state index contributed by atoms with van der Waals surface area (Å²) >= 11 is 0. The van der Waals surface area contributed by atoms with E-state index in [-0.39, 0.29) is 30.6 Å². The molecule has 1 aliphatic carbocycles. The van der Waals surface area contributed by atoms with E-state index in [0.717, 1.165) is 19.3 Å². The summed E-state index contributed by atoms with van der Waals surface area (Å²) in [5.74, 6) is -0.371. The molecule has 0 spiro atoms. The minimum atomic E-state index is -0.367. The van der Waals surface area contributed by atoms with Gasteiger partial charge in [-0.3, -0.25) is 14.9 Å². The molecular weight excluding hydrogens is 286 g/mol. The third-order valence-corrected chi connectivity index (χ3v) is 3.97. The van der Waals surface area contributed by atoms with Crippen LogP contribution in [0.3, 0.4) is 0 Å². The first kappa shape index (κ1) is 17.1. The quantitative estimate of drug-likeness (QED) is 0.682. The second-order valence-electron chi connectivity index (χ2n) is 5.73. The van der Waals surface area contributed by atoms with Gasteiger partial charge in [-0.1, -0.05) is 0 Å². The van der Waals surface area contributed by atoms with E-state index in [1.807, 2.05) is 13.8 Å². The molecule has 2 rings (SSSR count). The second-order valence-corrected chi connectivity index (χ2v) is 5.73. The van der Waals surface area contributed by atoms with Crippen molar-refractivity contribution < 1.29 is 23.8 Å². The zero-order valence-corrected chi connectivity index (χ0v) is 13.3. The Bertz CT molecular complexity index is 420. The highest BCUT2D eigenvalue weighted by Gasteiger charge is 2.30. The predicted molar refractivity (Wildman–Crippen MR) is 80.2 cm³/mol. The van der Waals surface area contributed by atoms with Crippen molar-refractivity contribution in [1.82, 2.24) is 5.32 Å². The summed E-state index contributed by atoms with van der Waals surface area (Å²) in [5.41, 5.74) is 0.392. The van der Waals surface area contributed by atoms with Crippen LogP contribution in [0.4, 0.5) is 0 Å². The fourth-order valence-corrected chi connectivity index (χ4v) is 3.10. The molecule has 6 heteroatoms. The van der Waals surface area contributed by atoms with E-state index >= 15 is 0 Å². The Labute approximate surface area is 131 Å². The van der Waals surface area contributed by atoms with Crippen molar-refractivity contribution in [2.45, 2.75) is 45.3 Å². The summed E-state index contributed by atoms with van der Waals surface area (Å²) in [6.07, 6.45) is 4.54. The summed E-state index contributed by atoms with van der Waals surface area (Å²) in [7, 11) is 0. The molecule has 1 N–H and O–H groups in total. The van der Waals surface area contributed by atoms with E-state index in [9.17, 15) is 9.59 Å². The molecule has 2 atom stereocenters. The van der Waals surface area contributed by atoms with Crippen molar-refractivity contribution in [2.24, 2.45) is 5.92 Å². The number of carbonyl (C=O) groups excluding carboxylic acids is 2. The van der Waals surface area contributed by atoms with Crippen molar-refractivity contribution in [3.05, 3.63) is 11.6 Å². The molecule has 0 aromatic heterocycles. The van der Waals surface area contributed by atoms with Crippen LogP contribution < -0.4 is 5.32 Å². The monoisotopic (exact) mass is 311 g/mol. The molecule has 1 aliphatic heterocycles. The summed E-state index contributed by atoms with van der Waals surface area (Å²) in [5, 5.41) is 2.21. The molecule has 1 heterocycles. The van der Waals surface area contributed by atoms with Gasteiger partial charge in [-0.2, -0.15) is 0 Å². The largest absolute Gasteiger partial charge is 0.378 e. The van der Waals surface area contributed by atoms with Crippen LogP contribution in [0.25, 0.3) is 0 Å². The van der Waals surface area contributed by atoms with E-state index in [4.69, 9.17) is 14.2 Å². The molecule has 22 heavy (non-hydrogen) atoms. The normalized spacial score (nSPS) is 28.6. The van der Waals surface area contributed by atoms with Gasteiger partial charge in [0.15, 0.2) is 0 Å². The van der Waals surface area contributed by atoms with Gasteiger partial charge in [0.2, 0.25) is 0 Å². The van der Waals surface area contributed by atoms with Gasteiger partial charge in [-0.05, 0) is 39.0 Å². The molecule has 124 valence electrons. The van der Waals surface area contributed by atoms with Crippen LogP contribution in [0.2, 0.25) is 0 Å². The Kier molecular flexibility index (Phi) is 6.54. The summed E-state index contributed by atoms with van der Waals surface area (Å²) in [6.45, 7) is 6.12. The van der Waals surface area contributed by atoms with Gasteiger partial charge >= 0.3 is 0 Å². The molecule has 1 saturated carbocycles. The van der Waals surface area contributed by atoms with Crippen molar-refractivity contribution in [3.8, 4) is 0 Å². The standard InChI is InChI=1S/C16H25NO5/c1-3-21-13-5-11(6-14(8-13)22-4-2)9-20-10-12-7-15(18)17-16(12)19/h7,11,13-14H,3-6,8-10H2,1-2H3,(H,17,18,19)/t13-,14-/m0/s1. The molecule has 0 aromatic carbocycles. The Hall–Kier alpha value is -1.24. The summed E-state index contributed by atoms with van der Waals surface area (Å²) in [6, 6.07) is 0. The zero-order chi connectivity index (χ0) is 15.9. The summed E-state index contributed by atoms with van der Waals surface area (Å²) < 4.78 is 17.1. The maximum atomic E-state index is 11.4. The van der Waals surface area contributed by atoms with Gasteiger partial charge in [0, 0.05) is 24.9 Å². The van der Waals surface area contributed by atoms with Gasteiger partial charge in [0.25, 0.3) is 11.8 Å². The van der Waals surface area contributed by atoms with E-state index in [1.54, 1.807) is 0 Å². The number of rotatable bonds is 8. The fourth-order valence-electron chi connectivity index (χ4n) is 3.10. The fraction of sp³-hybridized carbons (Fsp3) is 0.750. The van der Waals surface area contributed by atoms with Crippen LogP contribution in [0.5, 0.6) is 0 Å². The van der Waals surface area contributed by atoms with Crippen molar-refractivity contribution >= 4 is 11.8 Å². The maximum absolute atomic E-state index is 11.4. The number of amides is 2. The number of hydrogen-bond donors (Lipinski definition) is 1. The van der Waals surface area contributed by atoms with E-state index < -0.39 is 0 Å². The molecule has 2 aliphatic rings. The van der Waals surface area contributed by atoms with Crippen LogP contribution in [0.15, 0.2) is 11.6 Å². The average Bonchev–Trinajstić information content (AvgIpc) is 2.78. The van der Waals surface area contributed by atoms with Gasteiger partial charge in [0.1, 0.15) is 0 Å². The second kappa shape index (κ2) is 8.41. The molecule has 6 nitrogen and oxygen atoms in total. The van der Waals surface area contributed by atoms with Crippen LogP contribution in [-0.2, 0) is 23.8 Å². The molecule has 0 aromatic rings. The van der Waals surface area contributed by atoms with E-state index in [1.165, 1.54) is 6.08 Å². The van der Waals surface area contributed by atoms with Gasteiger partial charge < -0.3 is 14.2 Å². The lowest BCUT2D eigenvalue weighted by molar-refractivity contribution is -0.124. The minimum Gasteiger partial charge on any atom is -0.378 e. The lowest BCUT2D eigenvalue weighted by Crippen LogP contribution is -2.35. The highest BCUT2D eigenvalue weighted by molar-refractivity contribution is 6.16. The highest BCUT2D eigenvalue weighted by atomic mass is 16.5. The smallest absolute Gasteiger partial charge is 0.256 e. The molecule has 0 saturated heterocycles. The number of ether oxygens (including phenoxy) is 3. The van der Waals surface area contributed by atoms with Gasteiger partial charge in [-0.25, -0.2) is 0 Å². The molecular formula is C16H25NO5. The first-order chi connectivity index (χ1) is 10.6. The maximum Gasteiger partial charge on any atom is 0.256 e. The number of hydrogen-bond acceptors (Lipinski definition) is 5. The number of carbonyl (C=O) groups is 2. The average molecular weight is 311 g/mol. The van der Waals surface area contributed by atoms with Crippen LogP contribution in [0.1, 0.15) is 33.1 Å². The highest BCUT2D eigenvalue weighted by Crippen LogP contribution is 2.29. The lowest BCUT2D eigenvalue weighted by Gasteiger charge is -2.34. The Balaban J connectivity index is 1.79. The van der Waals surface area contributed by atoms with Gasteiger partial charge in [-0.15, -0.1) is 0 Å². The minimum absolute atomic E-state index is 0.173. The lowest BCUT2D eigenvalue weighted by atomic mass is 9.85. The zero-order valence-electron chi connectivity index (χ0n) is 13.3.